The first-order valence-corrected chi connectivity index (χ1v) is 10.8. The van der Waals surface area contributed by atoms with Crippen molar-refractivity contribution in [3.8, 4) is 5.69 Å². The van der Waals surface area contributed by atoms with Gasteiger partial charge in [-0.05, 0) is 61.7 Å². The van der Waals surface area contributed by atoms with Crippen LogP contribution in [0.2, 0.25) is 0 Å². The molecule has 3 rings (SSSR count). The number of carbonyl (C=O) groups is 2. The van der Waals surface area contributed by atoms with Crippen LogP contribution in [0.25, 0.3) is 5.69 Å². The predicted molar refractivity (Wildman–Crippen MR) is 123 cm³/mol. The van der Waals surface area contributed by atoms with Gasteiger partial charge in [-0.15, -0.1) is 0 Å². The molecule has 0 atom stereocenters. The van der Waals surface area contributed by atoms with Gasteiger partial charge >= 0.3 is 5.97 Å². The first-order valence-electron chi connectivity index (χ1n) is 10.0. The fraction of sp³-hybridized carbons (Fsp3) is 0.292. The number of aromatic nitrogens is 2. The van der Waals surface area contributed by atoms with E-state index < -0.39 is 0 Å². The largest absolute Gasteiger partial charge is 0.469 e. The highest BCUT2D eigenvalue weighted by molar-refractivity contribution is 9.10. The van der Waals surface area contributed by atoms with Gasteiger partial charge in [0.1, 0.15) is 0 Å². The molecule has 0 radical (unpaired) electrons. The minimum Gasteiger partial charge on any atom is -0.469 e. The van der Waals surface area contributed by atoms with Crippen LogP contribution in [-0.4, -0.2) is 40.7 Å². The van der Waals surface area contributed by atoms with Crippen molar-refractivity contribution in [2.24, 2.45) is 0 Å². The number of aryl methyl sites for hydroxylation is 1. The summed E-state index contributed by atoms with van der Waals surface area (Å²) in [5.74, 6) is -0.282. The molecule has 1 amide bonds. The summed E-state index contributed by atoms with van der Waals surface area (Å²) in [6.45, 7) is 4.44. The molecule has 0 fully saturated rings. The molecule has 0 aliphatic carbocycles. The van der Waals surface area contributed by atoms with Crippen LogP contribution in [0.5, 0.6) is 0 Å². The van der Waals surface area contributed by atoms with E-state index in [0.29, 0.717) is 24.9 Å². The normalized spacial score (nSPS) is 10.7. The van der Waals surface area contributed by atoms with E-state index in [4.69, 9.17) is 4.74 Å². The Morgan fingerprint density at radius 1 is 1.10 bits per heavy atom. The van der Waals surface area contributed by atoms with Crippen molar-refractivity contribution in [1.29, 1.82) is 0 Å². The van der Waals surface area contributed by atoms with E-state index in [0.717, 1.165) is 32.7 Å². The number of esters is 1. The molecular formula is C24H26BrN3O3. The molecule has 0 N–H and O–H groups in total. The molecule has 0 aliphatic rings. The van der Waals surface area contributed by atoms with Gasteiger partial charge < -0.3 is 9.64 Å². The molecule has 0 saturated carbocycles. The van der Waals surface area contributed by atoms with Crippen LogP contribution in [0.15, 0.2) is 53.0 Å². The van der Waals surface area contributed by atoms with Crippen LogP contribution in [0, 0.1) is 13.8 Å². The Bertz CT molecular complexity index is 1090. The third kappa shape index (κ3) is 5.22. The van der Waals surface area contributed by atoms with Gasteiger partial charge in [-0.3, -0.25) is 9.59 Å². The van der Waals surface area contributed by atoms with Gasteiger partial charge in [-0.2, -0.15) is 5.10 Å². The topological polar surface area (TPSA) is 64.4 Å². The van der Waals surface area contributed by atoms with Gasteiger partial charge in [0.2, 0.25) is 0 Å². The van der Waals surface area contributed by atoms with Crippen LogP contribution in [0.3, 0.4) is 0 Å². The van der Waals surface area contributed by atoms with E-state index in [9.17, 15) is 9.59 Å². The number of hydrogen-bond donors (Lipinski definition) is 0. The molecule has 7 heteroatoms. The molecule has 1 heterocycles. The molecule has 0 spiro atoms. The Labute approximate surface area is 191 Å². The number of amides is 1. The van der Waals surface area contributed by atoms with Crippen molar-refractivity contribution in [3.05, 3.63) is 81.1 Å². The second-order valence-electron chi connectivity index (χ2n) is 7.44. The van der Waals surface area contributed by atoms with Gasteiger partial charge in [0, 0.05) is 35.7 Å². The van der Waals surface area contributed by atoms with E-state index in [-0.39, 0.29) is 11.9 Å². The Morgan fingerprint density at radius 2 is 1.77 bits per heavy atom. The number of nitrogens with zero attached hydrogens (tertiary/aromatic N) is 3. The van der Waals surface area contributed by atoms with Crippen LogP contribution in [-0.2, 0) is 22.5 Å². The fourth-order valence-electron chi connectivity index (χ4n) is 3.54. The summed E-state index contributed by atoms with van der Waals surface area (Å²) in [5, 5.41) is 4.62. The average molecular weight is 484 g/mol. The van der Waals surface area contributed by atoms with Gasteiger partial charge in [-0.25, -0.2) is 4.68 Å². The lowest BCUT2D eigenvalue weighted by Crippen LogP contribution is -2.26. The molecule has 0 aliphatic heterocycles. The van der Waals surface area contributed by atoms with Crippen LogP contribution >= 0.6 is 15.9 Å². The Kier molecular flexibility index (Phi) is 7.28. The van der Waals surface area contributed by atoms with Crippen molar-refractivity contribution in [1.82, 2.24) is 14.7 Å². The molecule has 3 aromatic rings. The Balaban J connectivity index is 1.75. The number of benzene rings is 2. The quantitative estimate of drug-likeness (QED) is 0.459. The van der Waals surface area contributed by atoms with Crippen molar-refractivity contribution >= 4 is 27.8 Å². The average Bonchev–Trinajstić information content (AvgIpc) is 3.06. The minimum absolute atomic E-state index is 0.0468. The highest BCUT2D eigenvalue weighted by atomic mass is 79.9. The maximum atomic E-state index is 12.9. The second kappa shape index (κ2) is 9.92. The molecule has 0 unspecified atom stereocenters. The van der Waals surface area contributed by atoms with Crippen LogP contribution in [0.4, 0.5) is 0 Å². The van der Waals surface area contributed by atoms with E-state index in [1.807, 2.05) is 67.1 Å². The highest BCUT2D eigenvalue weighted by Gasteiger charge is 2.16. The zero-order chi connectivity index (χ0) is 22.5. The van der Waals surface area contributed by atoms with Gasteiger partial charge in [0.15, 0.2) is 0 Å². The smallest absolute Gasteiger partial charge is 0.305 e. The zero-order valence-corrected chi connectivity index (χ0v) is 19.8. The minimum atomic E-state index is -0.235. The Morgan fingerprint density at radius 3 is 2.42 bits per heavy atom. The molecular weight excluding hydrogens is 458 g/mol. The summed E-state index contributed by atoms with van der Waals surface area (Å²) < 4.78 is 7.57. The number of halogens is 1. The lowest BCUT2D eigenvalue weighted by Gasteiger charge is -2.18. The van der Waals surface area contributed by atoms with E-state index >= 15 is 0 Å². The maximum Gasteiger partial charge on any atom is 0.305 e. The molecule has 6 nitrogen and oxygen atoms in total. The van der Waals surface area contributed by atoms with E-state index in [2.05, 4.69) is 21.0 Å². The lowest BCUT2D eigenvalue weighted by molar-refractivity contribution is -0.140. The second-order valence-corrected chi connectivity index (χ2v) is 8.29. The Hall–Kier alpha value is -2.93. The monoisotopic (exact) mass is 483 g/mol. The maximum absolute atomic E-state index is 12.9. The lowest BCUT2D eigenvalue weighted by atomic mass is 10.1. The van der Waals surface area contributed by atoms with E-state index in [1.54, 1.807) is 11.9 Å². The van der Waals surface area contributed by atoms with Crippen LogP contribution in [0.1, 0.15) is 39.3 Å². The summed E-state index contributed by atoms with van der Waals surface area (Å²) in [6.07, 6.45) is 0.905. The molecule has 162 valence electrons. The summed E-state index contributed by atoms with van der Waals surface area (Å²) >= 11 is 3.53. The number of carbonyl (C=O) groups excluding carboxylic acids is 2. The molecule has 1 aromatic heterocycles. The number of methoxy groups -OCH3 is 1. The third-order valence-electron chi connectivity index (χ3n) is 5.32. The molecule has 0 bridgehead atoms. The van der Waals surface area contributed by atoms with Crippen molar-refractivity contribution in [2.45, 2.75) is 33.2 Å². The SMILES string of the molecule is COC(=O)CCc1c(C)nn(-c2ccc(C(=O)N(C)Cc3ccccc3Br)cc2)c1C. The number of ether oxygens (including phenoxy) is 1. The fourth-order valence-corrected chi connectivity index (χ4v) is 3.95. The van der Waals surface area contributed by atoms with Gasteiger partial charge in [0.25, 0.3) is 5.91 Å². The van der Waals surface area contributed by atoms with Crippen molar-refractivity contribution in [2.75, 3.05) is 14.2 Å². The molecule has 0 saturated heterocycles. The molecule has 31 heavy (non-hydrogen) atoms. The van der Waals surface area contributed by atoms with Gasteiger partial charge in [0.05, 0.1) is 18.5 Å². The van der Waals surface area contributed by atoms with Crippen molar-refractivity contribution < 1.29 is 14.3 Å². The zero-order valence-electron chi connectivity index (χ0n) is 18.2. The summed E-state index contributed by atoms with van der Waals surface area (Å²) in [4.78, 5) is 26.0. The van der Waals surface area contributed by atoms with Crippen LogP contribution < -0.4 is 0 Å². The summed E-state index contributed by atoms with van der Waals surface area (Å²) in [6, 6.07) is 15.3. The van der Waals surface area contributed by atoms with E-state index in [1.165, 1.54) is 7.11 Å². The van der Waals surface area contributed by atoms with Gasteiger partial charge in [-0.1, -0.05) is 34.1 Å². The first-order chi connectivity index (χ1) is 14.8. The standard InChI is InChI=1S/C24H26BrN3O3/c1-16-21(13-14-23(29)31-4)17(2)28(26-16)20-11-9-18(10-12-20)24(30)27(3)15-19-7-5-6-8-22(19)25/h5-12H,13-15H2,1-4H3. The van der Waals surface area contributed by atoms with Crippen molar-refractivity contribution in [3.63, 3.8) is 0 Å². The third-order valence-corrected chi connectivity index (χ3v) is 6.09. The summed E-state index contributed by atoms with van der Waals surface area (Å²) in [7, 11) is 3.19. The summed E-state index contributed by atoms with van der Waals surface area (Å²) in [5.41, 5.74) is 5.44. The number of rotatable bonds is 7. The molecule has 2 aromatic carbocycles. The predicted octanol–water partition coefficient (Wildman–Crippen LogP) is 4.63. The first kappa shape index (κ1) is 22.7. The highest BCUT2D eigenvalue weighted by Crippen LogP contribution is 2.21. The number of hydrogen-bond acceptors (Lipinski definition) is 4.